The Labute approximate surface area is 107 Å². The summed E-state index contributed by atoms with van der Waals surface area (Å²) < 4.78 is 4.12. The predicted octanol–water partition coefficient (Wildman–Crippen LogP) is 1.48. The minimum atomic E-state index is 0.207. The molecule has 2 N–H and O–H groups in total. The van der Waals surface area contributed by atoms with Crippen LogP contribution in [0.15, 0.2) is 18.7 Å². The van der Waals surface area contributed by atoms with Gasteiger partial charge < -0.3 is 10.3 Å². The molecule has 5 heteroatoms. The van der Waals surface area contributed by atoms with Gasteiger partial charge in [-0.05, 0) is 37.3 Å². The third-order valence-electron chi connectivity index (χ3n) is 3.68. The summed E-state index contributed by atoms with van der Waals surface area (Å²) >= 11 is 0. The molecule has 18 heavy (non-hydrogen) atoms. The van der Waals surface area contributed by atoms with Crippen molar-refractivity contribution < 1.29 is 0 Å². The number of aromatic nitrogens is 4. The van der Waals surface area contributed by atoms with E-state index in [2.05, 4.69) is 34.0 Å². The van der Waals surface area contributed by atoms with Crippen molar-refractivity contribution >= 4 is 0 Å². The summed E-state index contributed by atoms with van der Waals surface area (Å²) in [4.78, 5) is 4.31. The second kappa shape index (κ2) is 4.57. The molecule has 1 aliphatic carbocycles. The monoisotopic (exact) mass is 245 g/mol. The largest absolute Gasteiger partial charge is 0.346 e. The number of hydrogen-bond donors (Lipinski definition) is 1. The van der Waals surface area contributed by atoms with Crippen LogP contribution in [-0.4, -0.2) is 19.3 Å². The second-order valence-corrected chi connectivity index (χ2v) is 4.90. The van der Waals surface area contributed by atoms with Gasteiger partial charge in [-0.15, -0.1) is 0 Å². The van der Waals surface area contributed by atoms with E-state index in [1.807, 2.05) is 4.68 Å². The minimum absolute atomic E-state index is 0.207. The third-order valence-corrected chi connectivity index (χ3v) is 3.68. The number of nitrogens with zero attached hydrogens (tertiary/aromatic N) is 4. The number of aryl methyl sites for hydroxylation is 2. The van der Waals surface area contributed by atoms with Gasteiger partial charge in [0.05, 0.1) is 6.54 Å². The van der Waals surface area contributed by atoms with E-state index >= 15 is 0 Å². The molecule has 1 aliphatic rings. The Hall–Kier alpha value is -1.62. The molecule has 5 nitrogen and oxygen atoms in total. The van der Waals surface area contributed by atoms with Crippen LogP contribution in [0.4, 0.5) is 0 Å². The van der Waals surface area contributed by atoms with Gasteiger partial charge in [0.2, 0.25) is 0 Å². The van der Waals surface area contributed by atoms with E-state index < -0.39 is 0 Å². The maximum atomic E-state index is 6.14. The molecule has 0 fully saturated rings. The lowest BCUT2D eigenvalue weighted by Crippen LogP contribution is -2.15. The Morgan fingerprint density at radius 1 is 1.44 bits per heavy atom. The molecular weight excluding hydrogens is 226 g/mol. The summed E-state index contributed by atoms with van der Waals surface area (Å²) in [6.45, 7) is 3.71. The van der Waals surface area contributed by atoms with Crippen LogP contribution < -0.4 is 5.73 Å². The van der Waals surface area contributed by atoms with Gasteiger partial charge in [0.1, 0.15) is 12.2 Å². The van der Waals surface area contributed by atoms with Crippen molar-refractivity contribution in [3.8, 4) is 0 Å². The fourth-order valence-electron chi connectivity index (χ4n) is 2.71. The molecule has 2 aromatic heterocycles. The van der Waals surface area contributed by atoms with E-state index in [9.17, 15) is 0 Å². The van der Waals surface area contributed by atoms with Gasteiger partial charge in [-0.1, -0.05) is 0 Å². The van der Waals surface area contributed by atoms with E-state index in [-0.39, 0.29) is 6.04 Å². The minimum Gasteiger partial charge on any atom is -0.346 e. The molecule has 96 valence electrons. The van der Waals surface area contributed by atoms with Crippen LogP contribution in [-0.2, 0) is 19.5 Å². The molecule has 0 saturated carbocycles. The first-order chi connectivity index (χ1) is 8.78. The molecule has 2 heterocycles. The van der Waals surface area contributed by atoms with Crippen LogP contribution in [0.3, 0.4) is 0 Å². The van der Waals surface area contributed by atoms with E-state index in [4.69, 9.17) is 5.73 Å². The van der Waals surface area contributed by atoms with Crippen LogP contribution in [0.5, 0.6) is 0 Å². The highest BCUT2D eigenvalue weighted by Crippen LogP contribution is 2.28. The lowest BCUT2D eigenvalue weighted by atomic mass is 9.92. The molecule has 0 aromatic carbocycles. The van der Waals surface area contributed by atoms with Crippen molar-refractivity contribution in [1.29, 1.82) is 0 Å². The SMILES string of the molecule is CCn1ncnc1Cn1cc2c(c1)C(N)CCC2. The van der Waals surface area contributed by atoms with Gasteiger partial charge in [0.25, 0.3) is 0 Å². The van der Waals surface area contributed by atoms with Crippen molar-refractivity contribution in [1.82, 2.24) is 19.3 Å². The zero-order valence-electron chi connectivity index (χ0n) is 10.7. The van der Waals surface area contributed by atoms with Crippen LogP contribution in [0, 0.1) is 0 Å². The molecule has 0 bridgehead atoms. The van der Waals surface area contributed by atoms with E-state index in [0.29, 0.717) is 0 Å². The molecule has 0 spiro atoms. The zero-order chi connectivity index (χ0) is 12.5. The lowest BCUT2D eigenvalue weighted by Gasteiger charge is -2.17. The van der Waals surface area contributed by atoms with Crippen molar-refractivity contribution in [2.24, 2.45) is 5.73 Å². The lowest BCUT2D eigenvalue weighted by molar-refractivity contribution is 0.573. The number of hydrogen-bond acceptors (Lipinski definition) is 3. The van der Waals surface area contributed by atoms with E-state index in [1.165, 1.54) is 17.5 Å². The molecule has 2 aromatic rings. The first kappa shape index (κ1) is 11.5. The smallest absolute Gasteiger partial charge is 0.146 e. The first-order valence-electron chi connectivity index (χ1n) is 6.58. The third kappa shape index (κ3) is 1.95. The molecule has 3 rings (SSSR count). The van der Waals surface area contributed by atoms with Gasteiger partial charge in [-0.2, -0.15) is 5.10 Å². The predicted molar refractivity (Wildman–Crippen MR) is 69.1 cm³/mol. The molecule has 0 amide bonds. The van der Waals surface area contributed by atoms with E-state index in [1.54, 1.807) is 6.33 Å². The standard InChI is InChI=1S/C13H19N5/c1-2-18-13(15-9-16-18)8-17-6-10-4-3-5-12(14)11(10)7-17/h6-7,9,12H,2-5,8,14H2,1H3. The average molecular weight is 245 g/mol. The number of rotatable bonds is 3. The summed E-state index contributed by atoms with van der Waals surface area (Å²) in [5.41, 5.74) is 8.85. The van der Waals surface area contributed by atoms with Crippen LogP contribution in [0.1, 0.15) is 42.8 Å². The summed E-state index contributed by atoms with van der Waals surface area (Å²) in [5.74, 6) is 0.999. The van der Waals surface area contributed by atoms with Gasteiger partial charge >= 0.3 is 0 Å². The van der Waals surface area contributed by atoms with Gasteiger partial charge in [-0.3, -0.25) is 0 Å². The van der Waals surface area contributed by atoms with Crippen molar-refractivity contribution in [2.75, 3.05) is 0 Å². The zero-order valence-corrected chi connectivity index (χ0v) is 10.7. The summed E-state index contributed by atoms with van der Waals surface area (Å²) in [5, 5.41) is 4.20. The molecule has 0 radical (unpaired) electrons. The van der Waals surface area contributed by atoms with Crippen molar-refractivity contribution in [3.05, 3.63) is 35.7 Å². The quantitative estimate of drug-likeness (QED) is 0.891. The maximum Gasteiger partial charge on any atom is 0.146 e. The molecular formula is C13H19N5. The Bertz CT molecular complexity index is 539. The fourth-order valence-corrected chi connectivity index (χ4v) is 2.71. The normalized spacial score (nSPS) is 18.9. The molecule has 1 atom stereocenters. The second-order valence-electron chi connectivity index (χ2n) is 4.90. The topological polar surface area (TPSA) is 61.7 Å². The highest BCUT2D eigenvalue weighted by atomic mass is 15.3. The van der Waals surface area contributed by atoms with Crippen LogP contribution >= 0.6 is 0 Å². The van der Waals surface area contributed by atoms with Gasteiger partial charge in [0, 0.05) is 25.0 Å². The summed E-state index contributed by atoms with van der Waals surface area (Å²) in [7, 11) is 0. The van der Waals surface area contributed by atoms with Crippen LogP contribution in [0.2, 0.25) is 0 Å². The number of fused-ring (bicyclic) bond motifs is 1. The molecule has 0 aliphatic heterocycles. The van der Waals surface area contributed by atoms with Crippen molar-refractivity contribution in [3.63, 3.8) is 0 Å². The van der Waals surface area contributed by atoms with Gasteiger partial charge in [0.15, 0.2) is 0 Å². The molecule has 0 saturated heterocycles. The Morgan fingerprint density at radius 3 is 3.11 bits per heavy atom. The summed E-state index contributed by atoms with van der Waals surface area (Å²) in [6.07, 6.45) is 9.45. The first-order valence-corrected chi connectivity index (χ1v) is 6.58. The average Bonchev–Trinajstić information content (AvgIpc) is 2.96. The van der Waals surface area contributed by atoms with E-state index in [0.717, 1.165) is 31.8 Å². The molecule has 1 unspecified atom stereocenters. The highest BCUT2D eigenvalue weighted by Gasteiger charge is 2.19. The van der Waals surface area contributed by atoms with Crippen LogP contribution in [0.25, 0.3) is 0 Å². The maximum absolute atomic E-state index is 6.14. The highest BCUT2D eigenvalue weighted by molar-refractivity contribution is 5.30. The fraction of sp³-hybridized carbons (Fsp3) is 0.538. The Morgan fingerprint density at radius 2 is 2.33 bits per heavy atom. The van der Waals surface area contributed by atoms with Gasteiger partial charge in [-0.25, -0.2) is 9.67 Å². The summed E-state index contributed by atoms with van der Waals surface area (Å²) in [6, 6.07) is 0.207. The number of nitrogens with two attached hydrogens (primary N) is 1. The van der Waals surface area contributed by atoms with Crippen molar-refractivity contribution in [2.45, 2.75) is 45.3 Å². The Balaban J connectivity index is 1.85. The Kier molecular flexibility index (Phi) is 2.91.